The van der Waals surface area contributed by atoms with Gasteiger partial charge in [0.15, 0.2) is 15.5 Å². The summed E-state index contributed by atoms with van der Waals surface area (Å²) in [4.78, 5) is 12.9. The van der Waals surface area contributed by atoms with Crippen LogP contribution in [0, 0.1) is 0 Å². The van der Waals surface area contributed by atoms with Crippen LogP contribution in [0.5, 0.6) is 0 Å². The summed E-state index contributed by atoms with van der Waals surface area (Å²) in [5, 5.41) is 4.50. The molecule has 0 radical (unpaired) electrons. The van der Waals surface area contributed by atoms with Gasteiger partial charge in [0.05, 0.1) is 22.9 Å². The maximum Gasteiger partial charge on any atom is 0.359 e. The topological polar surface area (TPSA) is 78.3 Å². The van der Waals surface area contributed by atoms with Crippen LogP contribution in [-0.4, -0.2) is 36.5 Å². The Morgan fingerprint density at radius 1 is 1.00 bits per heavy atom. The molecule has 0 unspecified atom stereocenters. The number of aromatic nitrogens is 2. The predicted molar refractivity (Wildman–Crippen MR) is 109 cm³/mol. The van der Waals surface area contributed by atoms with Crippen LogP contribution in [0.3, 0.4) is 0 Å². The Morgan fingerprint density at radius 3 is 2.41 bits per heavy atom. The zero-order valence-electron chi connectivity index (χ0n) is 16.0. The Bertz CT molecular complexity index is 1110. The number of sulfone groups is 1. The van der Waals surface area contributed by atoms with E-state index in [0.29, 0.717) is 5.69 Å². The van der Waals surface area contributed by atoms with Crippen LogP contribution >= 0.6 is 0 Å². The number of carbonyl (C=O) groups is 1. The molecule has 7 heteroatoms. The molecule has 3 aromatic rings. The highest BCUT2D eigenvalue weighted by molar-refractivity contribution is 7.91. The molecule has 2 aromatic carbocycles. The van der Waals surface area contributed by atoms with Gasteiger partial charge in [0.2, 0.25) is 0 Å². The number of para-hydroxylation sites is 1. The van der Waals surface area contributed by atoms with Gasteiger partial charge in [0.1, 0.15) is 0 Å². The Hall–Kier alpha value is -2.93. The Labute approximate surface area is 170 Å². The second kappa shape index (κ2) is 8.21. The number of carbonyl (C=O) groups excluding carboxylic acids is 1. The zero-order chi connectivity index (χ0) is 20.3. The largest absolute Gasteiger partial charge is 0.461 e. The van der Waals surface area contributed by atoms with Crippen LogP contribution in [0.4, 0.5) is 0 Å². The predicted octanol–water partition coefficient (Wildman–Crippen LogP) is 3.38. The number of nitrogens with zero attached hydrogens (tertiary/aromatic N) is 2. The minimum absolute atomic E-state index is 0.0396. The van der Waals surface area contributed by atoms with Crippen LogP contribution in [0.15, 0.2) is 65.6 Å². The fraction of sp³-hybridized carbons (Fsp3) is 0.273. The van der Waals surface area contributed by atoms with Gasteiger partial charge in [0, 0.05) is 11.3 Å². The number of rotatable bonds is 7. The standard InChI is InChI=1S/C22H22N2O4S/c25-22(28-15-8-16-29(26,27)18-11-5-2-6-12-18)21-19-13-7-14-20(19)24(23-21)17-9-3-1-4-10-17/h1-6,9-12H,7-8,13-16H2. The summed E-state index contributed by atoms with van der Waals surface area (Å²) in [7, 11) is -3.38. The molecule has 1 aromatic heterocycles. The maximum absolute atomic E-state index is 12.6. The highest BCUT2D eigenvalue weighted by atomic mass is 32.2. The fourth-order valence-corrected chi connectivity index (χ4v) is 4.92. The van der Waals surface area contributed by atoms with E-state index in [0.717, 1.165) is 36.2 Å². The van der Waals surface area contributed by atoms with Gasteiger partial charge in [-0.05, 0) is 49.9 Å². The third-order valence-corrected chi connectivity index (χ3v) is 6.83. The van der Waals surface area contributed by atoms with Crippen molar-refractivity contribution in [3.05, 3.63) is 77.6 Å². The number of benzene rings is 2. The van der Waals surface area contributed by atoms with Gasteiger partial charge in [0.25, 0.3) is 0 Å². The monoisotopic (exact) mass is 410 g/mol. The lowest BCUT2D eigenvalue weighted by molar-refractivity contribution is 0.0497. The molecule has 4 rings (SSSR count). The summed E-state index contributed by atoms with van der Waals surface area (Å²) in [5.74, 6) is -0.559. The number of ether oxygens (including phenoxy) is 1. The SMILES string of the molecule is O=C(OCCCS(=O)(=O)c1ccccc1)c1nn(-c2ccccc2)c2c1CCC2. The molecule has 6 nitrogen and oxygen atoms in total. The second-order valence-corrected chi connectivity index (χ2v) is 9.11. The molecule has 0 bridgehead atoms. The Kier molecular flexibility index (Phi) is 5.49. The summed E-state index contributed by atoms with van der Waals surface area (Å²) in [5.41, 5.74) is 3.25. The van der Waals surface area contributed by atoms with Crippen molar-refractivity contribution < 1.29 is 17.9 Å². The van der Waals surface area contributed by atoms with Crippen LogP contribution in [0.2, 0.25) is 0 Å². The second-order valence-electron chi connectivity index (χ2n) is 7.00. The first-order valence-electron chi connectivity index (χ1n) is 9.67. The van der Waals surface area contributed by atoms with Crippen LogP contribution in [0.1, 0.15) is 34.6 Å². The highest BCUT2D eigenvalue weighted by Crippen LogP contribution is 2.28. The first-order valence-corrected chi connectivity index (χ1v) is 11.3. The third-order valence-electron chi connectivity index (χ3n) is 5.02. The molecule has 0 saturated heterocycles. The molecule has 0 aliphatic heterocycles. The zero-order valence-corrected chi connectivity index (χ0v) is 16.8. The van der Waals surface area contributed by atoms with Crippen LogP contribution in [-0.2, 0) is 27.4 Å². The summed E-state index contributed by atoms with van der Waals surface area (Å²) in [6, 6.07) is 18.0. The lowest BCUT2D eigenvalue weighted by Gasteiger charge is -2.06. The van der Waals surface area contributed by atoms with E-state index in [-0.39, 0.29) is 23.7 Å². The first-order chi connectivity index (χ1) is 14.1. The Morgan fingerprint density at radius 2 is 1.69 bits per heavy atom. The van der Waals surface area contributed by atoms with E-state index in [1.165, 1.54) is 0 Å². The number of fused-ring (bicyclic) bond motifs is 1. The number of hydrogen-bond acceptors (Lipinski definition) is 5. The minimum atomic E-state index is -3.38. The molecule has 1 heterocycles. The molecule has 0 atom stereocenters. The molecule has 0 spiro atoms. The van der Waals surface area contributed by atoms with E-state index >= 15 is 0 Å². The van der Waals surface area contributed by atoms with Crippen molar-refractivity contribution >= 4 is 15.8 Å². The van der Waals surface area contributed by atoms with Gasteiger partial charge >= 0.3 is 5.97 Å². The van der Waals surface area contributed by atoms with Gasteiger partial charge in [-0.2, -0.15) is 5.10 Å². The molecule has 150 valence electrons. The van der Waals surface area contributed by atoms with Crippen molar-refractivity contribution in [1.82, 2.24) is 9.78 Å². The van der Waals surface area contributed by atoms with Crippen molar-refractivity contribution in [3.8, 4) is 5.69 Å². The smallest absolute Gasteiger partial charge is 0.359 e. The summed E-state index contributed by atoms with van der Waals surface area (Å²) in [6.45, 7) is 0.0396. The quantitative estimate of drug-likeness (QED) is 0.441. The third kappa shape index (κ3) is 4.10. The molecule has 0 N–H and O–H groups in total. The molecule has 1 aliphatic rings. The average molecular weight is 410 g/mol. The van der Waals surface area contributed by atoms with Gasteiger partial charge < -0.3 is 4.74 Å². The average Bonchev–Trinajstić information content (AvgIpc) is 3.35. The molecular weight excluding hydrogens is 388 g/mol. The Balaban J connectivity index is 1.41. The van der Waals surface area contributed by atoms with Gasteiger partial charge in [-0.15, -0.1) is 0 Å². The molecular formula is C22H22N2O4S. The van der Waals surface area contributed by atoms with E-state index in [4.69, 9.17) is 4.74 Å². The van der Waals surface area contributed by atoms with Crippen molar-refractivity contribution in [2.24, 2.45) is 0 Å². The maximum atomic E-state index is 12.6. The van der Waals surface area contributed by atoms with E-state index in [9.17, 15) is 13.2 Å². The van der Waals surface area contributed by atoms with Crippen molar-refractivity contribution in [2.75, 3.05) is 12.4 Å². The van der Waals surface area contributed by atoms with Crippen LogP contribution in [0.25, 0.3) is 5.69 Å². The first kappa shape index (κ1) is 19.4. The van der Waals surface area contributed by atoms with Crippen molar-refractivity contribution in [2.45, 2.75) is 30.6 Å². The van der Waals surface area contributed by atoms with E-state index in [1.54, 1.807) is 30.3 Å². The number of hydrogen-bond donors (Lipinski definition) is 0. The van der Waals surface area contributed by atoms with Gasteiger partial charge in [-0.1, -0.05) is 36.4 Å². The molecule has 0 saturated carbocycles. The summed E-state index contributed by atoms with van der Waals surface area (Å²) >= 11 is 0. The summed E-state index contributed by atoms with van der Waals surface area (Å²) < 4.78 is 31.8. The van der Waals surface area contributed by atoms with Crippen molar-refractivity contribution in [3.63, 3.8) is 0 Å². The van der Waals surface area contributed by atoms with Gasteiger partial charge in [-0.3, -0.25) is 0 Å². The lowest BCUT2D eigenvalue weighted by atomic mass is 10.2. The van der Waals surface area contributed by atoms with Gasteiger partial charge in [-0.25, -0.2) is 17.9 Å². The van der Waals surface area contributed by atoms with Crippen molar-refractivity contribution in [1.29, 1.82) is 0 Å². The lowest BCUT2D eigenvalue weighted by Crippen LogP contribution is -2.13. The molecule has 0 fully saturated rings. The number of esters is 1. The summed E-state index contributed by atoms with van der Waals surface area (Å²) in [6.07, 6.45) is 2.90. The molecule has 1 aliphatic carbocycles. The fourth-order valence-electron chi connectivity index (χ4n) is 3.61. The minimum Gasteiger partial charge on any atom is -0.461 e. The highest BCUT2D eigenvalue weighted by Gasteiger charge is 2.27. The molecule has 29 heavy (non-hydrogen) atoms. The molecule has 0 amide bonds. The van der Waals surface area contributed by atoms with E-state index < -0.39 is 15.8 Å². The normalized spacial score (nSPS) is 13.2. The van der Waals surface area contributed by atoms with Crippen LogP contribution < -0.4 is 0 Å². The van der Waals surface area contributed by atoms with E-state index in [2.05, 4.69) is 5.10 Å². The van der Waals surface area contributed by atoms with E-state index in [1.807, 2.05) is 35.0 Å².